The van der Waals surface area contributed by atoms with E-state index in [1.807, 2.05) is 18.2 Å². The van der Waals surface area contributed by atoms with Crippen molar-refractivity contribution in [2.75, 3.05) is 43.0 Å². The van der Waals surface area contributed by atoms with Crippen LogP contribution in [0.15, 0.2) is 18.2 Å². The molecule has 1 saturated heterocycles. The number of piperidine rings is 1. The smallest absolute Gasteiger partial charge is 0.297 e. The van der Waals surface area contributed by atoms with Crippen LogP contribution >= 0.6 is 0 Å². The van der Waals surface area contributed by atoms with Gasteiger partial charge in [-0.15, -0.1) is 5.10 Å². The summed E-state index contributed by atoms with van der Waals surface area (Å²) in [6.45, 7) is 2.98. The molecule has 1 aromatic heterocycles. The van der Waals surface area contributed by atoms with Crippen LogP contribution in [0.2, 0.25) is 0 Å². The van der Waals surface area contributed by atoms with Gasteiger partial charge in [-0.25, -0.2) is 4.68 Å². The van der Waals surface area contributed by atoms with Crippen LogP contribution in [0.5, 0.6) is 0 Å². The summed E-state index contributed by atoms with van der Waals surface area (Å²) >= 11 is 0. The van der Waals surface area contributed by atoms with Crippen molar-refractivity contribution in [3.8, 4) is 0 Å². The van der Waals surface area contributed by atoms with E-state index in [0.29, 0.717) is 13.1 Å². The number of amides is 2. The highest BCUT2D eigenvalue weighted by Crippen LogP contribution is 2.32. The summed E-state index contributed by atoms with van der Waals surface area (Å²) in [5, 5.41) is 11.1. The average Bonchev–Trinajstić information content (AvgIpc) is 3.33. The molecule has 0 atom stereocenters. The van der Waals surface area contributed by atoms with Gasteiger partial charge in [0.15, 0.2) is 0 Å². The highest BCUT2D eigenvalue weighted by Gasteiger charge is 2.29. The summed E-state index contributed by atoms with van der Waals surface area (Å²) in [7, 11) is 3.44. The number of likely N-dealkylation sites (tertiary alicyclic amines) is 1. The monoisotopic (exact) mass is 383 g/mol. The molecular weight excluding hydrogens is 358 g/mol. The number of rotatable bonds is 4. The maximum Gasteiger partial charge on any atom is 0.297 e. The summed E-state index contributed by atoms with van der Waals surface area (Å²) in [6.07, 6.45) is 4.34. The SMILES string of the molecule is CN(C(=O)CN1CCCCC1)c1ccc2c(c1)N(C(=O)c1nnnn1C)CC2. The van der Waals surface area contributed by atoms with Crippen molar-refractivity contribution in [1.82, 2.24) is 25.1 Å². The minimum atomic E-state index is -0.231. The predicted octanol–water partition coefficient (Wildman–Crippen LogP) is 0.862. The molecule has 28 heavy (non-hydrogen) atoms. The standard InChI is InChI=1S/C19H25N7O2/c1-23(17(27)13-25-9-4-3-5-10-25)15-7-6-14-8-11-26(16(14)12-15)19(28)18-20-21-22-24(18)2/h6-7,12H,3-5,8-11,13H2,1-2H3. The third-order valence-corrected chi connectivity index (χ3v) is 5.59. The zero-order valence-corrected chi connectivity index (χ0v) is 16.3. The molecule has 0 unspecified atom stereocenters. The van der Waals surface area contributed by atoms with E-state index in [2.05, 4.69) is 20.4 Å². The maximum atomic E-state index is 12.8. The predicted molar refractivity (Wildman–Crippen MR) is 104 cm³/mol. The Kier molecular flexibility index (Phi) is 5.08. The fourth-order valence-corrected chi connectivity index (χ4v) is 3.88. The molecule has 0 radical (unpaired) electrons. The van der Waals surface area contributed by atoms with Gasteiger partial charge < -0.3 is 9.80 Å². The molecule has 148 valence electrons. The van der Waals surface area contributed by atoms with Crippen molar-refractivity contribution in [2.45, 2.75) is 25.7 Å². The number of benzene rings is 1. The molecule has 2 aliphatic rings. The van der Waals surface area contributed by atoms with Gasteiger partial charge in [-0.05, 0) is 60.5 Å². The van der Waals surface area contributed by atoms with Crippen molar-refractivity contribution in [2.24, 2.45) is 7.05 Å². The van der Waals surface area contributed by atoms with Crippen LogP contribution in [0.25, 0.3) is 0 Å². The van der Waals surface area contributed by atoms with Gasteiger partial charge in [0.05, 0.1) is 6.54 Å². The number of anilines is 2. The Morgan fingerprint density at radius 2 is 1.93 bits per heavy atom. The van der Waals surface area contributed by atoms with Gasteiger partial charge in [0.25, 0.3) is 5.91 Å². The zero-order chi connectivity index (χ0) is 19.7. The molecule has 0 spiro atoms. The number of nitrogens with zero attached hydrogens (tertiary/aromatic N) is 7. The van der Waals surface area contributed by atoms with Crippen molar-refractivity contribution >= 4 is 23.2 Å². The van der Waals surface area contributed by atoms with Crippen LogP contribution in [0, 0.1) is 0 Å². The van der Waals surface area contributed by atoms with Crippen LogP contribution in [0.4, 0.5) is 11.4 Å². The summed E-state index contributed by atoms with van der Waals surface area (Å²) < 4.78 is 1.37. The van der Waals surface area contributed by atoms with Crippen LogP contribution in [-0.2, 0) is 18.3 Å². The van der Waals surface area contributed by atoms with Gasteiger partial charge in [-0.2, -0.15) is 0 Å². The fourth-order valence-electron chi connectivity index (χ4n) is 3.88. The Labute approximate surface area is 163 Å². The Balaban J connectivity index is 1.52. The van der Waals surface area contributed by atoms with E-state index >= 15 is 0 Å². The number of hydrogen-bond acceptors (Lipinski definition) is 6. The van der Waals surface area contributed by atoms with Crippen molar-refractivity contribution in [3.05, 3.63) is 29.6 Å². The largest absolute Gasteiger partial charge is 0.314 e. The highest BCUT2D eigenvalue weighted by molar-refractivity contribution is 6.05. The molecule has 2 amide bonds. The van der Waals surface area contributed by atoms with Gasteiger partial charge in [-0.3, -0.25) is 14.5 Å². The molecule has 2 aromatic rings. The second-order valence-electron chi connectivity index (χ2n) is 7.44. The molecule has 2 aliphatic heterocycles. The van der Waals surface area contributed by atoms with Crippen molar-refractivity contribution in [3.63, 3.8) is 0 Å². The van der Waals surface area contributed by atoms with Gasteiger partial charge >= 0.3 is 0 Å². The molecule has 0 bridgehead atoms. The number of hydrogen-bond donors (Lipinski definition) is 0. The zero-order valence-electron chi connectivity index (χ0n) is 16.3. The summed E-state index contributed by atoms with van der Waals surface area (Å²) in [5.41, 5.74) is 2.70. The minimum absolute atomic E-state index is 0.0650. The Morgan fingerprint density at radius 1 is 1.14 bits per heavy atom. The average molecular weight is 383 g/mol. The van der Waals surface area contributed by atoms with E-state index in [9.17, 15) is 9.59 Å². The van der Waals surface area contributed by atoms with E-state index in [0.717, 1.165) is 49.3 Å². The van der Waals surface area contributed by atoms with E-state index in [-0.39, 0.29) is 17.6 Å². The van der Waals surface area contributed by atoms with Crippen LogP contribution < -0.4 is 9.80 Å². The molecule has 4 rings (SSSR count). The number of carbonyl (C=O) groups is 2. The highest BCUT2D eigenvalue weighted by atomic mass is 16.2. The molecular formula is C19H25N7O2. The van der Waals surface area contributed by atoms with E-state index in [4.69, 9.17) is 0 Å². The number of aryl methyl sites for hydroxylation is 1. The lowest BCUT2D eigenvalue weighted by molar-refractivity contribution is -0.119. The van der Waals surface area contributed by atoms with Crippen LogP contribution in [0.3, 0.4) is 0 Å². The van der Waals surface area contributed by atoms with Crippen LogP contribution in [0.1, 0.15) is 35.4 Å². The second-order valence-corrected chi connectivity index (χ2v) is 7.44. The first kappa shape index (κ1) is 18.5. The Bertz CT molecular complexity index is 888. The van der Waals surface area contributed by atoms with Crippen molar-refractivity contribution < 1.29 is 9.59 Å². The normalized spacial score (nSPS) is 16.9. The maximum absolute atomic E-state index is 12.8. The first-order valence-corrected chi connectivity index (χ1v) is 9.70. The number of carbonyl (C=O) groups excluding carboxylic acids is 2. The molecule has 3 heterocycles. The van der Waals surface area contributed by atoms with E-state index < -0.39 is 0 Å². The summed E-state index contributed by atoms with van der Waals surface area (Å²) in [6, 6.07) is 5.86. The lowest BCUT2D eigenvalue weighted by atomic mass is 10.1. The first-order chi connectivity index (χ1) is 13.5. The van der Waals surface area contributed by atoms with E-state index in [1.54, 1.807) is 23.9 Å². The summed E-state index contributed by atoms with van der Waals surface area (Å²) in [4.78, 5) is 31.2. The molecule has 1 fully saturated rings. The molecule has 0 aliphatic carbocycles. The third kappa shape index (κ3) is 3.49. The molecule has 9 heteroatoms. The third-order valence-electron chi connectivity index (χ3n) is 5.59. The van der Waals surface area contributed by atoms with Gasteiger partial charge in [0.1, 0.15) is 0 Å². The first-order valence-electron chi connectivity index (χ1n) is 9.70. The van der Waals surface area contributed by atoms with Gasteiger partial charge in [0, 0.05) is 32.0 Å². The molecule has 1 aromatic carbocycles. The van der Waals surface area contributed by atoms with E-state index in [1.165, 1.54) is 11.1 Å². The minimum Gasteiger partial charge on any atom is -0.314 e. The van der Waals surface area contributed by atoms with Gasteiger partial charge in [0.2, 0.25) is 11.7 Å². The number of likely N-dealkylation sites (N-methyl/N-ethyl adjacent to an activating group) is 1. The number of fused-ring (bicyclic) bond motifs is 1. The van der Waals surface area contributed by atoms with Crippen molar-refractivity contribution in [1.29, 1.82) is 0 Å². The molecule has 0 N–H and O–H groups in total. The topological polar surface area (TPSA) is 87.5 Å². The fraction of sp³-hybridized carbons (Fsp3) is 0.526. The lowest BCUT2D eigenvalue weighted by Gasteiger charge is -2.28. The Hall–Kier alpha value is -2.81. The van der Waals surface area contributed by atoms with Crippen LogP contribution in [-0.4, -0.2) is 70.1 Å². The van der Waals surface area contributed by atoms with Gasteiger partial charge in [-0.1, -0.05) is 12.5 Å². The number of tetrazole rings is 1. The lowest BCUT2D eigenvalue weighted by Crippen LogP contribution is -2.40. The number of aromatic nitrogens is 4. The summed E-state index contributed by atoms with van der Waals surface area (Å²) in [5.74, 6) is 0.0358. The molecule has 0 saturated carbocycles. The molecule has 9 nitrogen and oxygen atoms in total. The Morgan fingerprint density at radius 3 is 2.64 bits per heavy atom. The second kappa shape index (κ2) is 7.67. The quantitative estimate of drug-likeness (QED) is 0.778.